The van der Waals surface area contributed by atoms with Gasteiger partial charge in [0.25, 0.3) is 0 Å². The van der Waals surface area contributed by atoms with Crippen LogP contribution in [0.25, 0.3) is 0 Å². The van der Waals surface area contributed by atoms with Gasteiger partial charge >= 0.3 is 12.1 Å². The number of esters is 1. The van der Waals surface area contributed by atoms with Crippen molar-refractivity contribution >= 4 is 29.4 Å². The van der Waals surface area contributed by atoms with Gasteiger partial charge in [0.2, 0.25) is 0 Å². The number of nitrogens with zero attached hydrogens (tertiary/aromatic N) is 3. The molecule has 1 unspecified atom stereocenters. The van der Waals surface area contributed by atoms with Crippen molar-refractivity contribution < 1.29 is 19.4 Å². The summed E-state index contributed by atoms with van der Waals surface area (Å²) in [6.07, 6.45) is 1.68. The molecule has 0 aromatic carbocycles. The molecule has 0 aromatic heterocycles. The van der Waals surface area contributed by atoms with E-state index < -0.39 is 6.09 Å². The molecule has 3 atom stereocenters. The predicted molar refractivity (Wildman–Crippen MR) is 82.5 cm³/mol. The van der Waals surface area contributed by atoms with Crippen LogP contribution >= 0.6 is 12.2 Å². The molecular weight excluding hydrogens is 306 g/mol. The summed E-state index contributed by atoms with van der Waals surface area (Å²) >= 11 is 5.58. The molecule has 122 valence electrons. The third-order valence-corrected chi connectivity index (χ3v) is 5.50. The second kappa shape index (κ2) is 5.91. The molecule has 3 aliphatic rings. The third-order valence-electron chi connectivity index (χ3n) is 5.03. The lowest BCUT2D eigenvalue weighted by atomic mass is 10.1. The van der Waals surface area contributed by atoms with E-state index in [9.17, 15) is 9.59 Å². The summed E-state index contributed by atoms with van der Waals surface area (Å²) in [6, 6.07) is 0.398. The number of rotatable bonds is 2. The lowest BCUT2D eigenvalue weighted by Crippen LogP contribution is -2.53. The van der Waals surface area contributed by atoms with Crippen LogP contribution in [0.1, 0.15) is 19.3 Å². The number of thiocarbonyl (C=S) groups is 1. The number of hydrogen-bond donors (Lipinski definition) is 1. The molecule has 22 heavy (non-hydrogen) atoms. The van der Waals surface area contributed by atoms with E-state index in [2.05, 4.69) is 9.80 Å². The Labute approximate surface area is 134 Å². The highest BCUT2D eigenvalue weighted by Crippen LogP contribution is 2.34. The quantitative estimate of drug-likeness (QED) is 0.588. The first-order valence-electron chi connectivity index (χ1n) is 7.64. The average molecular weight is 327 g/mol. The van der Waals surface area contributed by atoms with Crippen molar-refractivity contribution in [2.45, 2.75) is 31.3 Å². The van der Waals surface area contributed by atoms with E-state index in [4.69, 9.17) is 22.1 Å². The molecule has 0 radical (unpaired) electrons. The van der Waals surface area contributed by atoms with Crippen LogP contribution in [0.5, 0.6) is 0 Å². The van der Waals surface area contributed by atoms with Crippen molar-refractivity contribution in [1.82, 2.24) is 14.7 Å². The average Bonchev–Trinajstić information content (AvgIpc) is 3.11. The molecule has 0 spiro atoms. The molecule has 3 fully saturated rings. The van der Waals surface area contributed by atoms with Crippen molar-refractivity contribution in [2.24, 2.45) is 5.92 Å². The van der Waals surface area contributed by atoms with Gasteiger partial charge in [-0.1, -0.05) is 0 Å². The summed E-state index contributed by atoms with van der Waals surface area (Å²) in [5.74, 6) is -0.173. The number of ether oxygens (including phenoxy) is 1. The van der Waals surface area contributed by atoms with Crippen LogP contribution in [-0.2, 0) is 9.53 Å². The van der Waals surface area contributed by atoms with Crippen LogP contribution in [-0.4, -0.2) is 82.4 Å². The first kappa shape index (κ1) is 15.3. The third kappa shape index (κ3) is 2.60. The van der Waals surface area contributed by atoms with Gasteiger partial charge in [-0.05, 0) is 31.5 Å². The van der Waals surface area contributed by atoms with Crippen LogP contribution in [0.15, 0.2) is 0 Å². The number of piperazine rings is 1. The number of amides is 1. The highest BCUT2D eigenvalue weighted by atomic mass is 32.1. The summed E-state index contributed by atoms with van der Waals surface area (Å²) in [7, 11) is 1.43. The Hall–Kier alpha value is -1.57. The number of carboxylic acid groups (broad SMARTS) is 1. The van der Waals surface area contributed by atoms with E-state index in [-0.39, 0.29) is 24.0 Å². The molecule has 3 rings (SSSR count). The number of carbonyl (C=O) groups excluding carboxylic acids is 1. The van der Waals surface area contributed by atoms with Crippen LogP contribution in [0.3, 0.4) is 0 Å². The molecule has 8 heteroatoms. The van der Waals surface area contributed by atoms with E-state index in [0.29, 0.717) is 19.6 Å². The van der Waals surface area contributed by atoms with Crippen LogP contribution < -0.4 is 0 Å². The highest BCUT2D eigenvalue weighted by molar-refractivity contribution is 7.80. The molecule has 0 bridgehead atoms. The zero-order valence-electron chi connectivity index (χ0n) is 12.6. The monoisotopic (exact) mass is 327 g/mol. The van der Waals surface area contributed by atoms with E-state index in [1.807, 2.05) is 0 Å². The maximum absolute atomic E-state index is 11.7. The topological polar surface area (TPSA) is 73.3 Å². The fourth-order valence-electron chi connectivity index (χ4n) is 3.83. The maximum Gasteiger partial charge on any atom is 0.407 e. The summed E-state index contributed by atoms with van der Waals surface area (Å²) in [4.78, 5) is 28.6. The smallest absolute Gasteiger partial charge is 0.407 e. The van der Waals surface area contributed by atoms with Gasteiger partial charge in [0.05, 0.1) is 19.1 Å². The zero-order valence-corrected chi connectivity index (χ0v) is 13.4. The second-order valence-electron chi connectivity index (χ2n) is 6.20. The van der Waals surface area contributed by atoms with Crippen molar-refractivity contribution in [2.75, 3.05) is 33.3 Å². The molecule has 1 N–H and O–H groups in total. The summed E-state index contributed by atoms with van der Waals surface area (Å²) in [5, 5.41) is 9.94. The normalized spacial score (nSPS) is 31.4. The second-order valence-corrected chi connectivity index (χ2v) is 6.56. The molecule has 0 aromatic rings. The fourth-order valence-corrected chi connectivity index (χ4v) is 4.30. The fraction of sp³-hybridized carbons (Fsp3) is 0.786. The Balaban J connectivity index is 1.64. The molecule has 2 saturated heterocycles. The van der Waals surface area contributed by atoms with Crippen molar-refractivity contribution in [1.29, 1.82) is 0 Å². The van der Waals surface area contributed by atoms with Crippen molar-refractivity contribution in [3.05, 3.63) is 0 Å². The predicted octanol–water partition coefficient (Wildman–Crippen LogP) is 0.593. The lowest BCUT2D eigenvalue weighted by Gasteiger charge is -2.35. The van der Waals surface area contributed by atoms with Gasteiger partial charge in [-0.3, -0.25) is 4.79 Å². The molecule has 1 amide bonds. The number of carbonyl (C=O) groups is 2. The van der Waals surface area contributed by atoms with Crippen LogP contribution in [0, 0.1) is 5.92 Å². The van der Waals surface area contributed by atoms with E-state index >= 15 is 0 Å². The Morgan fingerprint density at radius 3 is 2.64 bits per heavy atom. The van der Waals surface area contributed by atoms with E-state index in [0.717, 1.165) is 30.9 Å². The molecule has 7 nitrogen and oxygen atoms in total. The molecule has 1 aliphatic carbocycles. The maximum atomic E-state index is 11.7. The van der Waals surface area contributed by atoms with Gasteiger partial charge in [0.1, 0.15) is 0 Å². The van der Waals surface area contributed by atoms with E-state index in [1.54, 1.807) is 0 Å². The minimum atomic E-state index is -0.865. The first-order valence-corrected chi connectivity index (χ1v) is 8.05. The lowest BCUT2D eigenvalue weighted by molar-refractivity contribution is -0.145. The highest BCUT2D eigenvalue weighted by Gasteiger charge is 2.44. The van der Waals surface area contributed by atoms with Gasteiger partial charge in [0, 0.05) is 32.2 Å². The van der Waals surface area contributed by atoms with Crippen molar-refractivity contribution in [3.63, 3.8) is 0 Å². The standard InChI is InChI=1S/C14H21N3O4S/c1-21-12(18)9-2-3-10(6-9)17-8-11-7-15(14(19)20)4-5-16(11)13(17)22/h9-11H,2-8H2,1H3,(H,19,20)/t9-,10+,11?/m0/s1. The van der Waals surface area contributed by atoms with Gasteiger partial charge < -0.3 is 24.5 Å². The molecule has 2 aliphatic heterocycles. The first-order chi connectivity index (χ1) is 10.5. The van der Waals surface area contributed by atoms with Gasteiger partial charge in [-0.25, -0.2) is 4.79 Å². The number of hydrogen-bond acceptors (Lipinski definition) is 4. The zero-order chi connectivity index (χ0) is 15.9. The summed E-state index contributed by atoms with van der Waals surface area (Å²) in [6.45, 7) is 2.40. The van der Waals surface area contributed by atoms with Gasteiger partial charge in [-0.2, -0.15) is 0 Å². The van der Waals surface area contributed by atoms with Gasteiger partial charge in [0.15, 0.2) is 5.11 Å². The Kier molecular flexibility index (Phi) is 4.12. The number of methoxy groups -OCH3 is 1. The minimum Gasteiger partial charge on any atom is -0.469 e. The van der Waals surface area contributed by atoms with Crippen LogP contribution in [0.4, 0.5) is 4.79 Å². The largest absolute Gasteiger partial charge is 0.469 e. The Bertz CT molecular complexity index is 500. The Morgan fingerprint density at radius 2 is 1.95 bits per heavy atom. The van der Waals surface area contributed by atoms with E-state index in [1.165, 1.54) is 12.0 Å². The minimum absolute atomic E-state index is 0.0362. The SMILES string of the molecule is COC(=O)[C@H]1CC[C@@H](N2CC3CN(C(=O)O)CCN3C2=S)C1. The summed E-state index contributed by atoms with van der Waals surface area (Å²) in [5.41, 5.74) is 0. The number of fused-ring (bicyclic) bond motifs is 1. The van der Waals surface area contributed by atoms with Gasteiger partial charge in [-0.15, -0.1) is 0 Å². The van der Waals surface area contributed by atoms with Crippen molar-refractivity contribution in [3.8, 4) is 0 Å². The molecule has 1 saturated carbocycles. The summed E-state index contributed by atoms with van der Waals surface area (Å²) < 4.78 is 4.83. The van der Waals surface area contributed by atoms with Crippen LogP contribution in [0.2, 0.25) is 0 Å². The molecule has 2 heterocycles. The Morgan fingerprint density at radius 1 is 1.18 bits per heavy atom. The molecular formula is C14H21N3O4S.